The lowest BCUT2D eigenvalue weighted by molar-refractivity contribution is 0.318. The van der Waals surface area contributed by atoms with Crippen molar-refractivity contribution in [3.63, 3.8) is 0 Å². The molecule has 2 aromatic heterocycles. The van der Waals surface area contributed by atoms with Crippen LogP contribution in [-0.2, 0) is 0 Å². The number of anilines is 1. The third kappa shape index (κ3) is 4.40. The molecular weight excluding hydrogens is 366 g/mol. The van der Waals surface area contributed by atoms with Crippen molar-refractivity contribution in [2.24, 2.45) is 0 Å². The van der Waals surface area contributed by atoms with Crippen molar-refractivity contribution in [1.29, 1.82) is 0 Å². The van der Waals surface area contributed by atoms with Gasteiger partial charge in [0.1, 0.15) is 11.6 Å². The Morgan fingerprint density at radius 1 is 1.26 bits per heavy atom. The largest absolute Gasteiger partial charge is 0.493 e. The molecule has 27 heavy (non-hydrogen) atoms. The maximum absolute atomic E-state index is 12.2. The summed E-state index contributed by atoms with van der Waals surface area (Å²) in [7, 11) is 0. The summed E-state index contributed by atoms with van der Waals surface area (Å²) in [4.78, 5) is 19.4. The maximum atomic E-state index is 12.2. The Labute approximate surface area is 160 Å². The minimum atomic E-state index is -0.372. The highest BCUT2D eigenvalue weighted by molar-refractivity contribution is 7.80. The molecule has 9 nitrogen and oxygen atoms in total. The van der Waals surface area contributed by atoms with Gasteiger partial charge in [-0.25, -0.2) is 4.98 Å². The van der Waals surface area contributed by atoms with Gasteiger partial charge in [0.2, 0.25) is 5.65 Å². The lowest BCUT2D eigenvalue weighted by atomic mass is 10.1. The first-order chi connectivity index (χ1) is 13.1. The van der Waals surface area contributed by atoms with Crippen molar-refractivity contribution < 1.29 is 4.74 Å². The van der Waals surface area contributed by atoms with Gasteiger partial charge in [0.25, 0.3) is 5.56 Å². The average Bonchev–Trinajstić information content (AvgIpc) is 3.14. The summed E-state index contributed by atoms with van der Waals surface area (Å²) in [5.74, 6) is 0.962. The van der Waals surface area contributed by atoms with E-state index in [2.05, 4.69) is 42.9 Å². The second-order valence-corrected chi connectivity index (χ2v) is 6.26. The van der Waals surface area contributed by atoms with Crippen molar-refractivity contribution in [1.82, 2.24) is 30.7 Å². The van der Waals surface area contributed by atoms with Crippen LogP contribution < -0.4 is 20.9 Å². The van der Waals surface area contributed by atoms with E-state index in [4.69, 9.17) is 17.0 Å². The molecule has 0 spiro atoms. The number of thiocarbonyl (C=S) groups is 1. The summed E-state index contributed by atoms with van der Waals surface area (Å²) >= 11 is 5.29. The smallest absolute Gasteiger partial charge is 0.281 e. The number of benzene rings is 1. The van der Waals surface area contributed by atoms with Crippen LogP contribution in [-0.4, -0.2) is 43.6 Å². The highest BCUT2D eigenvalue weighted by Crippen LogP contribution is 2.30. The van der Waals surface area contributed by atoms with E-state index >= 15 is 0 Å². The Morgan fingerprint density at radius 3 is 2.89 bits per heavy atom. The van der Waals surface area contributed by atoms with Crippen LogP contribution in [0.3, 0.4) is 0 Å². The molecule has 0 fully saturated rings. The zero-order chi connectivity index (χ0) is 19.2. The van der Waals surface area contributed by atoms with Crippen LogP contribution in [0.2, 0.25) is 0 Å². The van der Waals surface area contributed by atoms with Gasteiger partial charge in [-0.2, -0.15) is 5.21 Å². The van der Waals surface area contributed by atoms with E-state index < -0.39 is 0 Å². The van der Waals surface area contributed by atoms with Crippen molar-refractivity contribution in [3.8, 4) is 17.1 Å². The molecular formula is C17H21N7O2S. The molecule has 0 amide bonds. The molecule has 1 aromatic carbocycles. The van der Waals surface area contributed by atoms with E-state index in [9.17, 15) is 4.79 Å². The van der Waals surface area contributed by atoms with Crippen molar-refractivity contribution in [2.75, 3.05) is 18.5 Å². The van der Waals surface area contributed by atoms with Gasteiger partial charge in [0.05, 0.1) is 12.2 Å². The van der Waals surface area contributed by atoms with Gasteiger partial charge in [0, 0.05) is 12.2 Å². The minimum absolute atomic E-state index is 0.161. The van der Waals surface area contributed by atoms with E-state index in [-0.39, 0.29) is 16.7 Å². The standard InChI is InChI=1S/C17H21N7O2S/c1-3-7-18-17(27)19-10-5-6-12(26-8-4-2)11(9-10)14-20-15-13(16(25)21-14)22-24-23-15/h5-6,9H,3-4,7-8H2,1-2H3,(H2,18,19,27)(H2,20,21,22,23,24,25). The highest BCUT2D eigenvalue weighted by atomic mass is 32.1. The maximum Gasteiger partial charge on any atom is 0.281 e. The second kappa shape index (κ2) is 8.58. The van der Waals surface area contributed by atoms with Gasteiger partial charge in [-0.3, -0.25) is 4.79 Å². The first-order valence-electron chi connectivity index (χ1n) is 8.75. The third-order valence-corrected chi connectivity index (χ3v) is 3.93. The Bertz CT molecular complexity index is 998. The van der Waals surface area contributed by atoms with Crippen molar-refractivity contribution in [2.45, 2.75) is 26.7 Å². The number of hydrogen-bond donors (Lipinski definition) is 4. The molecule has 3 aromatic rings. The zero-order valence-electron chi connectivity index (χ0n) is 15.1. The van der Waals surface area contributed by atoms with Crippen LogP contribution in [0.5, 0.6) is 5.75 Å². The highest BCUT2D eigenvalue weighted by Gasteiger charge is 2.14. The summed E-state index contributed by atoms with van der Waals surface area (Å²) in [6.45, 7) is 5.42. The molecule has 0 bridgehead atoms. The molecule has 0 saturated carbocycles. The van der Waals surface area contributed by atoms with Crippen LogP contribution in [0.4, 0.5) is 5.69 Å². The monoisotopic (exact) mass is 387 g/mol. The second-order valence-electron chi connectivity index (χ2n) is 5.85. The molecule has 4 N–H and O–H groups in total. The number of fused-ring (bicyclic) bond motifs is 1. The molecule has 0 unspecified atom stereocenters. The molecule has 2 heterocycles. The van der Waals surface area contributed by atoms with Crippen LogP contribution >= 0.6 is 12.2 Å². The van der Waals surface area contributed by atoms with E-state index in [1.807, 2.05) is 25.1 Å². The molecule has 0 atom stereocenters. The Balaban J connectivity index is 1.99. The molecule has 0 aliphatic rings. The fourth-order valence-electron chi connectivity index (χ4n) is 2.43. The number of ether oxygens (including phenoxy) is 1. The molecule has 0 radical (unpaired) electrons. The lowest BCUT2D eigenvalue weighted by Gasteiger charge is -2.14. The topological polar surface area (TPSA) is 121 Å². The Hall–Kier alpha value is -3.01. The number of H-pyrrole nitrogens is 2. The summed E-state index contributed by atoms with van der Waals surface area (Å²) < 4.78 is 5.82. The average molecular weight is 387 g/mol. The van der Waals surface area contributed by atoms with Crippen molar-refractivity contribution >= 4 is 34.2 Å². The molecule has 0 aliphatic heterocycles. The van der Waals surface area contributed by atoms with Gasteiger partial charge >= 0.3 is 0 Å². The van der Waals surface area contributed by atoms with E-state index in [1.165, 1.54) is 0 Å². The quantitative estimate of drug-likeness (QED) is 0.455. The number of nitrogens with one attached hydrogen (secondary N) is 4. The molecule has 0 saturated heterocycles. The van der Waals surface area contributed by atoms with Gasteiger partial charge in [-0.1, -0.05) is 13.8 Å². The fraction of sp³-hybridized carbons (Fsp3) is 0.353. The fourth-order valence-corrected chi connectivity index (χ4v) is 2.65. The van der Waals surface area contributed by atoms with Gasteiger partial charge in [-0.05, 0) is 43.3 Å². The predicted octanol–water partition coefficient (Wildman–Crippen LogP) is 2.19. The van der Waals surface area contributed by atoms with Crippen LogP contribution in [0.1, 0.15) is 26.7 Å². The van der Waals surface area contributed by atoms with Crippen LogP contribution in [0.25, 0.3) is 22.6 Å². The summed E-state index contributed by atoms with van der Waals surface area (Å²) in [5.41, 5.74) is 1.42. The lowest BCUT2D eigenvalue weighted by Crippen LogP contribution is -2.28. The molecule has 0 aliphatic carbocycles. The van der Waals surface area contributed by atoms with E-state index in [0.29, 0.717) is 28.9 Å². The first-order valence-corrected chi connectivity index (χ1v) is 9.16. The summed E-state index contributed by atoms with van der Waals surface area (Å²) in [6, 6.07) is 5.51. The summed E-state index contributed by atoms with van der Waals surface area (Å²) in [6.07, 6.45) is 1.83. The summed E-state index contributed by atoms with van der Waals surface area (Å²) in [5, 5.41) is 16.9. The Kier molecular flexibility index (Phi) is 5.97. The normalized spacial score (nSPS) is 10.7. The van der Waals surface area contributed by atoms with E-state index in [0.717, 1.165) is 25.1 Å². The first kappa shape index (κ1) is 18.8. The third-order valence-electron chi connectivity index (χ3n) is 3.68. The van der Waals surface area contributed by atoms with Crippen molar-refractivity contribution in [3.05, 3.63) is 28.6 Å². The number of aromatic amines is 2. The number of rotatable bonds is 7. The van der Waals surface area contributed by atoms with Gasteiger partial charge in [0.15, 0.2) is 10.6 Å². The van der Waals surface area contributed by atoms with Gasteiger partial charge in [-0.15, -0.1) is 10.2 Å². The zero-order valence-corrected chi connectivity index (χ0v) is 15.9. The SMILES string of the molecule is CCCNC(=S)Nc1ccc(OCCC)c(-c2nc3n[nH]nc3c(=O)[nH]2)c1. The number of nitrogens with zero attached hydrogens (tertiary/aromatic N) is 3. The van der Waals surface area contributed by atoms with Crippen LogP contribution in [0, 0.1) is 0 Å². The molecule has 142 valence electrons. The van der Waals surface area contributed by atoms with Gasteiger partial charge < -0.3 is 20.4 Å². The number of aromatic nitrogens is 5. The molecule has 10 heteroatoms. The molecule has 3 rings (SSSR count). The Morgan fingerprint density at radius 2 is 2.11 bits per heavy atom. The van der Waals surface area contributed by atoms with E-state index in [1.54, 1.807) is 0 Å². The van der Waals surface area contributed by atoms with Crippen LogP contribution in [0.15, 0.2) is 23.0 Å². The minimum Gasteiger partial charge on any atom is -0.493 e. The number of hydrogen-bond acceptors (Lipinski definition) is 6. The predicted molar refractivity (Wildman–Crippen MR) is 108 cm³/mol.